The molecular weight excluding hydrogens is 492 g/mol. The van der Waals surface area contributed by atoms with Crippen LogP contribution in [0, 0.1) is 17.8 Å². The van der Waals surface area contributed by atoms with Crippen LogP contribution >= 0.6 is 11.6 Å². The molecule has 2 saturated heterocycles. The molecule has 1 amide bonds. The molecule has 2 atom stereocenters. The summed E-state index contributed by atoms with van der Waals surface area (Å²) in [4.78, 5) is 25.7. The summed E-state index contributed by atoms with van der Waals surface area (Å²) in [5, 5.41) is 0.590. The third-order valence-corrected chi connectivity index (χ3v) is 8.25. The number of aromatic nitrogens is 2. The molecule has 0 spiro atoms. The number of hydrogen-bond donors (Lipinski definition) is 0. The van der Waals surface area contributed by atoms with E-state index in [-0.39, 0.29) is 5.91 Å². The molecule has 0 bridgehead atoms. The average molecular weight is 529 g/mol. The van der Waals surface area contributed by atoms with E-state index in [1.54, 1.807) is 7.11 Å². The van der Waals surface area contributed by atoms with Gasteiger partial charge in [-0.2, -0.15) is 0 Å². The van der Waals surface area contributed by atoms with Crippen molar-refractivity contribution in [2.45, 2.75) is 38.7 Å². The maximum atomic E-state index is 12.5. The van der Waals surface area contributed by atoms with E-state index in [4.69, 9.17) is 25.8 Å². The molecule has 3 heterocycles. The molecular formula is C28H37ClN4O4. The summed E-state index contributed by atoms with van der Waals surface area (Å²) in [5.74, 6) is 4.04. The standard InChI is InChI=1S/C28H37ClN4O4/c1-35-19-20-17-30-28(31-18-20)33-7-4-21(5-8-33)25-14-22(25)6-11-37-24-3-2-23(26(29)16-24)15-27(34)32-9-12-36-13-10-32/h2-3,16-18,21-22,25H,4-15,19H2,1H3/t22-,25-/m1/s1. The van der Waals surface area contributed by atoms with E-state index in [0.29, 0.717) is 51.0 Å². The minimum atomic E-state index is 0.0944. The fourth-order valence-corrected chi connectivity index (χ4v) is 5.87. The van der Waals surface area contributed by atoms with Crippen LogP contribution < -0.4 is 9.64 Å². The van der Waals surface area contributed by atoms with E-state index in [9.17, 15) is 4.79 Å². The minimum absolute atomic E-state index is 0.0944. The second-order valence-electron chi connectivity index (χ2n) is 10.4. The summed E-state index contributed by atoms with van der Waals surface area (Å²) in [6.07, 6.45) is 8.81. The van der Waals surface area contributed by atoms with Crippen molar-refractivity contribution in [2.75, 3.05) is 58.0 Å². The maximum Gasteiger partial charge on any atom is 0.227 e. The van der Waals surface area contributed by atoms with Gasteiger partial charge in [0.25, 0.3) is 0 Å². The number of nitrogens with zero attached hydrogens (tertiary/aromatic N) is 4. The van der Waals surface area contributed by atoms with Crippen molar-refractivity contribution >= 4 is 23.5 Å². The number of amides is 1. The van der Waals surface area contributed by atoms with Gasteiger partial charge in [-0.3, -0.25) is 4.79 Å². The van der Waals surface area contributed by atoms with Crippen molar-refractivity contribution in [2.24, 2.45) is 17.8 Å². The summed E-state index contributed by atoms with van der Waals surface area (Å²) in [6, 6.07) is 5.68. The zero-order chi connectivity index (χ0) is 25.6. The second-order valence-corrected chi connectivity index (χ2v) is 10.8. The quantitative estimate of drug-likeness (QED) is 0.461. The highest BCUT2D eigenvalue weighted by molar-refractivity contribution is 6.31. The molecule has 1 saturated carbocycles. The van der Waals surface area contributed by atoms with Gasteiger partial charge in [-0.1, -0.05) is 17.7 Å². The van der Waals surface area contributed by atoms with Gasteiger partial charge in [-0.25, -0.2) is 9.97 Å². The van der Waals surface area contributed by atoms with Crippen molar-refractivity contribution in [1.82, 2.24) is 14.9 Å². The number of piperidine rings is 1. The van der Waals surface area contributed by atoms with Crippen LogP contribution in [0.5, 0.6) is 5.75 Å². The Labute approximate surface area is 224 Å². The summed E-state index contributed by atoms with van der Waals surface area (Å²) >= 11 is 6.47. The van der Waals surface area contributed by atoms with Gasteiger partial charge in [0.05, 0.1) is 32.8 Å². The fraction of sp³-hybridized carbons (Fsp3) is 0.607. The Hall–Kier alpha value is -2.42. The Morgan fingerprint density at radius 2 is 1.89 bits per heavy atom. The van der Waals surface area contributed by atoms with Crippen LogP contribution in [0.25, 0.3) is 0 Å². The van der Waals surface area contributed by atoms with Crippen molar-refractivity contribution in [3.05, 3.63) is 46.7 Å². The van der Waals surface area contributed by atoms with Crippen LogP contribution in [0.3, 0.4) is 0 Å². The number of anilines is 1. The topological polar surface area (TPSA) is 77.0 Å². The number of halogens is 1. The maximum absolute atomic E-state index is 12.5. The number of rotatable bonds is 10. The van der Waals surface area contributed by atoms with Crippen LogP contribution in [0.15, 0.2) is 30.6 Å². The minimum Gasteiger partial charge on any atom is -0.494 e. The molecule has 200 valence electrons. The molecule has 3 aliphatic rings. The molecule has 3 fully saturated rings. The number of methoxy groups -OCH3 is 1. The predicted molar refractivity (Wildman–Crippen MR) is 142 cm³/mol. The number of morpholine rings is 1. The summed E-state index contributed by atoms with van der Waals surface area (Å²) in [5.41, 5.74) is 1.84. The van der Waals surface area contributed by atoms with Crippen molar-refractivity contribution in [3.8, 4) is 5.75 Å². The normalized spacial score (nSPS) is 22.2. The van der Waals surface area contributed by atoms with Crippen molar-refractivity contribution < 1.29 is 19.0 Å². The Morgan fingerprint density at radius 1 is 1.14 bits per heavy atom. The van der Waals surface area contributed by atoms with Crippen LogP contribution in [0.2, 0.25) is 5.02 Å². The smallest absolute Gasteiger partial charge is 0.227 e. The van der Waals surface area contributed by atoms with Gasteiger partial charge in [0.1, 0.15) is 5.75 Å². The van der Waals surface area contributed by atoms with E-state index in [0.717, 1.165) is 60.1 Å². The molecule has 2 aromatic rings. The van der Waals surface area contributed by atoms with Gasteiger partial charge in [-0.15, -0.1) is 0 Å². The highest BCUT2D eigenvalue weighted by Gasteiger charge is 2.43. The van der Waals surface area contributed by atoms with E-state index in [2.05, 4.69) is 14.9 Å². The Balaban J connectivity index is 1.01. The first-order chi connectivity index (χ1) is 18.1. The fourth-order valence-electron chi connectivity index (χ4n) is 5.64. The van der Waals surface area contributed by atoms with E-state index in [1.165, 1.54) is 19.3 Å². The van der Waals surface area contributed by atoms with Crippen LogP contribution in [-0.4, -0.2) is 73.9 Å². The van der Waals surface area contributed by atoms with Gasteiger partial charge < -0.3 is 24.0 Å². The summed E-state index contributed by atoms with van der Waals surface area (Å²) < 4.78 is 16.5. The van der Waals surface area contributed by atoms with Gasteiger partial charge in [0.15, 0.2) is 0 Å². The summed E-state index contributed by atoms with van der Waals surface area (Å²) in [7, 11) is 1.68. The van der Waals surface area contributed by atoms with Gasteiger partial charge in [0, 0.05) is 56.3 Å². The lowest BCUT2D eigenvalue weighted by Crippen LogP contribution is -2.41. The first-order valence-corrected chi connectivity index (χ1v) is 13.8. The molecule has 1 aromatic heterocycles. The third-order valence-electron chi connectivity index (χ3n) is 7.90. The van der Waals surface area contributed by atoms with E-state index < -0.39 is 0 Å². The van der Waals surface area contributed by atoms with Gasteiger partial charge >= 0.3 is 0 Å². The van der Waals surface area contributed by atoms with Gasteiger partial charge in [-0.05, 0) is 61.1 Å². The van der Waals surface area contributed by atoms with Gasteiger partial charge in [0.2, 0.25) is 11.9 Å². The second kappa shape index (κ2) is 12.4. The highest BCUT2D eigenvalue weighted by Crippen LogP contribution is 2.49. The molecule has 8 nitrogen and oxygen atoms in total. The number of carbonyl (C=O) groups is 1. The molecule has 0 N–H and O–H groups in total. The first kappa shape index (κ1) is 26.2. The molecule has 9 heteroatoms. The zero-order valence-corrected chi connectivity index (χ0v) is 22.4. The lowest BCUT2D eigenvalue weighted by molar-refractivity contribution is -0.134. The highest BCUT2D eigenvalue weighted by atomic mass is 35.5. The number of benzene rings is 1. The van der Waals surface area contributed by atoms with Crippen LogP contribution in [0.1, 0.15) is 36.8 Å². The Morgan fingerprint density at radius 3 is 2.59 bits per heavy atom. The lowest BCUT2D eigenvalue weighted by Gasteiger charge is -2.32. The SMILES string of the molecule is COCc1cnc(N2CCC([C@H]3C[C@H]3CCOc3ccc(CC(=O)N4CCOCC4)c(Cl)c3)CC2)nc1. The Bertz CT molecular complexity index is 1040. The Kier molecular flexibility index (Phi) is 8.79. The monoisotopic (exact) mass is 528 g/mol. The molecule has 5 rings (SSSR count). The molecule has 37 heavy (non-hydrogen) atoms. The molecule has 1 aliphatic carbocycles. The third kappa shape index (κ3) is 6.92. The van der Waals surface area contributed by atoms with Crippen LogP contribution in [0.4, 0.5) is 5.95 Å². The van der Waals surface area contributed by atoms with E-state index in [1.807, 2.05) is 35.5 Å². The lowest BCUT2D eigenvalue weighted by atomic mass is 9.90. The number of hydrogen-bond acceptors (Lipinski definition) is 7. The average Bonchev–Trinajstić information content (AvgIpc) is 3.71. The van der Waals surface area contributed by atoms with Crippen LogP contribution in [-0.2, 0) is 27.3 Å². The molecule has 2 aliphatic heterocycles. The number of ether oxygens (including phenoxy) is 3. The molecule has 1 aromatic carbocycles. The summed E-state index contributed by atoms with van der Waals surface area (Å²) in [6.45, 7) is 5.79. The predicted octanol–water partition coefficient (Wildman–Crippen LogP) is 4.00. The van der Waals surface area contributed by atoms with E-state index >= 15 is 0 Å². The van der Waals surface area contributed by atoms with Crippen molar-refractivity contribution in [1.29, 1.82) is 0 Å². The number of carbonyl (C=O) groups excluding carboxylic acids is 1. The first-order valence-electron chi connectivity index (χ1n) is 13.4. The largest absolute Gasteiger partial charge is 0.494 e. The molecule has 0 unspecified atom stereocenters. The molecule has 0 radical (unpaired) electrons. The zero-order valence-electron chi connectivity index (χ0n) is 21.6. The van der Waals surface area contributed by atoms with Crippen molar-refractivity contribution in [3.63, 3.8) is 0 Å².